The third-order valence-electron chi connectivity index (χ3n) is 3.30. The number of aryl methyl sites for hydroxylation is 2. The Morgan fingerprint density at radius 1 is 1.32 bits per heavy atom. The highest BCUT2D eigenvalue weighted by atomic mass is 32.1. The Bertz CT molecular complexity index is 542. The lowest BCUT2D eigenvalue weighted by molar-refractivity contribution is 0.645. The van der Waals surface area contributed by atoms with Crippen molar-refractivity contribution in [2.45, 2.75) is 47.2 Å². The van der Waals surface area contributed by atoms with Crippen LogP contribution in [0.25, 0.3) is 0 Å². The first-order valence-electron chi connectivity index (χ1n) is 6.82. The molecule has 2 rings (SSSR count). The molecule has 0 saturated carbocycles. The van der Waals surface area contributed by atoms with Crippen LogP contribution in [0.2, 0.25) is 0 Å². The summed E-state index contributed by atoms with van der Waals surface area (Å²) in [6, 6.07) is 0. The van der Waals surface area contributed by atoms with E-state index in [4.69, 9.17) is 0 Å². The number of nitrogens with one attached hydrogen (secondary N) is 1. The van der Waals surface area contributed by atoms with Gasteiger partial charge in [-0.05, 0) is 26.8 Å². The summed E-state index contributed by atoms with van der Waals surface area (Å²) in [6.45, 7) is 11.1. The fraction of sp³-hybridized carbons (Fsp3) is 0.571. The fourth-order valence-electron chi connectivity index (χ4n) is 2.13. The van der Waals surface area contributed by atoms with Crippen LogP contribution in [0.1, 0.15) is 41.5 Å². The summed E-state index contributed by atoms with van der Waals surface area (Å²) < 4.78 is 2.07. The van der Waals surface area contributed by atoms with Gasteiger partial charge in [0, 0.05) is 23.2 Å². The van der Waals surface area contributed by atoms with Gasteiger partial charge in [-0.3, -0.25) is 4.68 Å². The topological polar surface area (TPSA) is 42.7 Å². The van der Waals surface area contributed by atoms with Gasteiger partial charge in [0.05, 0.1) is 22.9 Å². The van der Waals surface area contributed by atoms with Crippen molar-refractivity contribution >= 4 is 11.3 Å². The van der Waals surface area contributed by atoms with Crippen LogP contribution in [0.15, 0.2) is 5.38 Å². The van der Waals surface area contributed by atoms with Crippen molar-refractivity contribution in [1.82, 2.24) is 20.1 Å². The van der Waals surface area contributed by atoms with Crippen LogP contribution in [0.4, 0.5) is 0 Å². The third kappa shape index (κ3) is 3.22. The maximum atomic E-state index is 4.63. The molecule has 0 amide bonds. The first-order chi connectivity index (χ1) is 9.15. The molecule has 19 heavy (non-hydrogen) atoms. The van der Waals surface area contributed by atoms with E-state index in [1.807, 2.05) is 0 Å². The van der Waals surface area contributed by atoms with Gasteiger partial charge in [-0.1, -0.05) is 13.8 Å². The molecule has 0 aromatic carbocycles. The van der Waals surface area contributed by atoms with E-state index in [2.05, 4.69) is 53.2 Å². The lowest BCUT2D eigenvalue weighted by Crippen LogP contribution is -2.13. The lowest BCUT2D eigenvalue weighted by Gasteiger charge is -2.04. The molecule has 104 valence electrons. The van der Waals surface area contributed by atoms with Crippen LogP contribution in [0.5, 0.6) is 0 Å². The summed E-state index contributed by atoms with van der Waals surface area (Å²) in [5, 5.41) is 11.3. The summed E-state index contributed by atoms with van der Waals surface area (Å²) in [7, 11) is 0. The highest BCUT2D eigenvalue weighted by Crippen LogP contribution is 2.16. The van der Waals surface area contributed by atoms with E-state index in [1.54, 1.807) is 11.3 Å². The zero-order valence-electron chi connectivity index (χ0n) is 12.2. The Balaban J connectivity index is 2.16. The van der Waals surface area contributed by atoms with Crippen molar-refractivity contribution in [3.05, 3.63) is 33.0 Å². The minimum atomic E-state index is 0.773. The summed E-state index contributed by atoms with van der Waals surface area (Å²) in [5.74, 6) is 0. The highest BCUT2D eigenvalue weighted by Gasteiger charge is 2.12. The Hall–Kier alpha value is -1.20. The summed E-state index contributed by atoms with van der Waals surface area (Å²) in [4.78, 5) is 4.61. The Kier molecular flexibility index (Phi) is 4.71. The van der Waals surface area contributed by atoms with E-state index in [1.165, 1.54) is 16.3 Å². The van der Waals surface area contributed by atoms with E-state index in [0.29, 0.717) is 0 Å². The predicted octanol–water partition coefficient (Wildman–Crippen LogP) is 2.68. The molecule has 2 aromatic heterocycles. The van der Waals surface area contributed by atoms with Crippen molar-refractivity contribution in [1.29, 1.82) is 0 Å². The molecule has 1 N–H and O–H groups in total. The van der Waals surface area contributed by atoms with Crippen molar-refractivity contribution in [3.8, 4) is 0 Å². The van der Waals surface area contributed by atoms with E-state index in [9.17, 15) is 0 Å². The van der Waals surface area contributed by atoms with Crippen molar-refractivity contribution < 1.29 is 0 Å². The van der Waals surface area contributed by atoms with E-state index >= 15 is 0 Å². The van der Waals surface area contributed by atoms with Gasteiger partial charge in [-0.15, -0.1) is 11.3 Å². The molecule has 0 aliphatic rings. The Morgan fingerprint density at radius 2 is 2.11 bits per heavy atom. The second-order valence-corrected chi connectivity index (χ2v) is 5.62. The first kappa shape index (κ1) is 14.2. The maximum absolute atomic E-state index is 4.63. The van der Waals surface area contributed by atoms with E-state index in [-0.39, 0.29) is 0 Å². The lowest BCUT2D eigenvalue weighted by atomic mass is 10.2. The van der Waals surface area contributed by atoms with Crippen LogP contribution < -0.4 is 5.32 Å². The number of aromatic nitrogens is 3. The molecule has 4 nitrogen and oxygen atoms in total. The minimum Gasteiger partial charge on any atom is -0.313 e. The quantitative estimate of drug-likeness (QED) is 0.883. The number of hydrogen-bond donors (Lipinski definition) is 1. The van der Waals surface area contributed by atoms with Gasteiger partial charge in [-0.25, -0.2) is 4.98 Å². The monoisotopic (exact) mass is 278 g/mol. The third-order valence-corrected chi connectivity index (χ3v) is 4.34. The van der Waals surface area contributed by atoms with Crippen molar-refractivity contribution in [2.75, 3.05) is 6.54 Å². The number of nitrogens with zero attached hydrogens (tertiary/aromatic N) is 3. The number of rotatable bonds is 6. The molecule has 0 atom stereocenters. The second-order valence-electron chi connectivity index (χ2n) is 4.67. The zero-order valence-corrected chi connectivity index (χ0v) is 13.0. The van der Waals surface area contributed by atoms with Gasteiger partial charge in [0.15, 0.2) is 0 Å². The van der Waals surface area contributed by atoms with Gasteiger partial charge >= 0.3 is 0 Å². The van der Waals surface area contributed by atoms with Crippen molar-refractivity contribution in [2.24, 2.45) is 0 Å². The summed E-state index contributed by atoms with van der Waals surface area (Å²) in [6.07, 6.45) is 1.01. The van der Waals surface area contributed by atoms with Gasteiger partial charge in [0.25, 0.3) is 0 Å². The zero-order chi connectivity index (χ0) is 13.8. The summed E-state index contributed by atoms with van der Waals surface area (Å²) >= 11 is 1.73. The van der Waals surface area contributed by atoms with Crippen LogP contribution in [-0.2, 0) is 19.5 Å². The van der Waals surface area contributed by atoms with Crippen LogP contribution >= 0.6 is 11.3 Å². The van der Waals surface area contributed by atoms with Crippen molar-refractivity contribution in [3.63, 3.8) is 0 Å². The molecular weight excluding hydrogens is 256 g/mol. The number of thiazole rings is 1. The van der Waals surface area contributed by atoms with Gasteiger partial charge in [0.2, 0.25) is 0 Å². The Labute approximate surface area is 118 Å². The average molecular weight is 278 g/mol. The highest BCUT2D eigenvalue weighted by molar-refractivity contribution is 7.09. The molecule has 0 fully saturated rings. The van der Waals surface area contributed by atoms with Crippen LogP contribution in [0, 0.1) is 13.8 Å². The molecular formula is C14H22N4S. The molecule has 0 bridgehead atoms. The smallest absolute Gasteiger partial charge is 0.0926 e. The molecule has 2 aromatic rings. The average Bonchev–Trinajstić information content (AvgIpc) is 2.95. The summed E-state index contributed by atoms with van der Waals surface area (Å²) in [5.41, 5.74) is 4.78. The minimum absolute atomic E-state index is 0.773. The van der Waals surface area contributed by atoms with Gasteiger partial charge in [0.1, 0.15) is 0 Å². The SMILES string of the molecule is CCNCc1c(C)nn(Cc2csc(CC)n2)c1C. The molecule has 0 aliphatic heterocycles. The molecule has 0 unspecified atom stereocenters. The molecule has 0 saturated heterocycles. The molecule has 2 heterocycles. The largest absolute Gasteiger partial charge is 0.313 e. The molecule has 0 radical (unpaired) electrons. The van der Waals surface area contributed by atoms with Gasteiger partial charge < -0.3 is 5.32 Å². The van der Waals surface area contributed by atoms with Crippen LogP contribution in [0.3, 0.4) is 0 Å². The second kappa shape index (κ2) is 6.30. The van der Waals surface area contributed by atoms with E-state index in [0.717, 1.165) is 37.4 Å². The normalized spacial score (nSPS) is 11.2. The predicted molar refractivity (Wildman–Crippen MR) is 79.7 cm³/mol. The first-order valence-corrected chi connectivity index (χ1v) is 7.70. The van der Waals surface area contributed by atoms with Gasteiger partial charge in [-0.2, -0.15) is 5.10 Å². The fourth-order valence-corrected chi connectivity index (χ4v) is 2.87. The molecule has 0 spiro atoms. The standard InChI is InChI=1S/C14H22N4S/c1-5-14-16-12(9-19-14)8-18-11(4)13(7-15-6-2)10(3)17-18/h9,15H,5-8H2,1-4H3. The van der Waals surface area contributed by atoms with E-state index < -0.39 is 0 Å². The molecule has 0 aliphatic carbocycles. The van der Waals surface area contributed by atoms with Crippen LogP contribution in [-0.4, -0.2) is 21.3 Å². The molecule has 5 heteroatoms. The Morgan fingerprint density at radius 3 is 2.74 bits per heavy atom. The maximum Gasteiger partial charge on any atom is 0.0926 e. The number of hydrogen-bond acceptors (Lipinski definition) is 4.